The van der Waals surface area contributed by atoms with Crippen molar-refractivity contribution in [1.82, 2.24) is 0 Å². The number of halogens is 1. The predicted molar refractivity (Wildman–Crippen MR) is 80.8 cm³/mol. The summed E-state index contributed by atoms with van der Waals surface area (Å²) in [6, 6.07) is 7.82. The Morgan fingerprint density at radius 3 is 2.43 bits per heavy atom. The maximum absolute atomic E-state index is 12.2. The molecule has 21 heavy (non-hydrogen) atoms. The molecule has 2 aromatic carbocycles. The number of phenolic OH excluding ortho intramolecular Hbond substituents is 2. The highest BCUT2D eigenvalue weighted by Crippen LogP contribution is 2.37. The van der Waals surface area contributed by atoms with Gasteiger partial charge in [0.25, 0.3) is 0 Å². The van der Waals surface area contributed by atoms with Gasteiger partial charge in [-0.2, -0.15) is 0 Å². The van der Waals surface area contributed by atoms with Gasteiger partial charge in [-0.1, -0.05) is 15.9 Å². The lowest BCUT2D eigenvalue weighted by Crippen LogP contribution is -1.98. The molecule has 0 saturated heterocycles. The molecule has 4 rings (SSSR count). The van der Waals surface area contributed by atoms with Crippen molar-refractivity contribution < 1.29 is 19.0 Å². The second-order valence-corrected chi connectivity index (χ2v) is 5.59. The van der Waals surface area contributed by atoms with Crippen LogP contribution in [0.25, 0.3) is 32.9 Å². The molecule has 0 aliphatic heterocycles. The lowest BCUT2D eigenvalue weighted by atomic mass is 10.1. The summed E-state index contributed by atoms with van der Waals surface area (Å²) in [5.74, 6) is -0.626. The van der Waals surface area contributed by atoms with Crippen LogP contribution in [0.2, 0.25) is 0 Å². The summed E-state index contributed by atoms with van der Waals surface area (Å²) >= 11 is 3.32. The number of aromatic hydroxyl groups is 2. The van der Waals surface area contributed by atoms with Gasteiger partial charge < -0.3 is 19.0 Å². The molecule has 0 atom stereocenters. The molecule has 0 aliphatic carbocycles. The minimum Gasteiger partial charge on any atom is -0.504 e. The Morgan fingerprint density at radius 2 is 1.62 bits per heavy atom. The Hall–Kier alpha value is -2.47. The van der Waals surface area contributed by atoms with E-state index in [0.29, 0.717) is 27.5 Å². The number of rotatable bonds is 0. The van der Waals surface area contributed by atoms with E-state index in [1.807, 2.05) is 6.07 Å². The van der Waals surface area contributed by atoms with Crippen LogP contribution >= 0.6 is 15.9 Å². The van der Waals surface area contributed by atoms with Crippen LogP contribution in [0.3, 0.4) is 0 Å². The van der Waals surface area contributed by atoms with Crippen LogP contribution in [0, 0.1) is 0 Å². The number of furan rings is 1. The van der Waals surface area contributed by atoms with Crippen LogP contribution in [0.1, 0.15) is 0 Å². The number of fused-ring (bicyclic) bond motifs is 5. The molecule has 0 amide bonds. The summed E-state index contributed by atoms with van der Waals surface area (Å²) in [5, 5.41) is 20.4. The van der Waals surface area contributed by atoms with Gasteiger partial charge >= 0.3 is 5.63 Å². The van der Waals surface area contributed by atoms with Crippen molar-refractivity contribution in [2.75, 3.05) is 0 Å². The highest BCUT2D eigenvalue weighted by atomic mass is 79.9. The highest BCUT2D eigenvalue weighted by Gasteiger charge is 2.17. The highest BCUT2D eigenvalue weighted by molar-refractivity contribution is 9.10. The molecule has 2 N–H and O–H groups in total. The normalized spacial score (nSPS) is 11.7. The topological polar surface area (TPSA) is 83.8 Å². The van der Waals surface area contributed by atoms with E-state index in [-0.39, 0.29) is 16.9 Å². The molecular weight excluding hydrogens is 340 g/mol. The average molecular weight is 347 g/mol. The molecule has 0 unspecified atom stereocenters. The molecule has 0 saturated carbocycles. The number of hydrogen-bond acceptors (Lipinski definition) is 5. The van der Waals surface area contributed by atoms with Crippen LogP contribution in [0.15, 0.2) is 48.4 Å². The zero-order valence-electron chi connectivity index (χ0n) is 10.4. The molecule has 0 spiro atoms. The van der Waals surface area contributed by atoms with E-state index in [0.717, 1.165) is 4.47 Å². The van der Waals surface area contributed by atoms with Crippen LogP contribution in [0.4, 0.5) is 0 Å². The van der Waals surface area contributed by atoms with Crippen LogP contribution in [0.5, 0.6) is 11.5 Å². The van der Waals surface area contributed by atoms with E-state index in [1.165, 1.54) is 12.1 Å². The zero-order chi connectivity index (χ0) is 14.7. The van der Waals surface area contributed by atoms with Crippen molar-refractivity contribution in [3.63, 3.8) is 0 Å². The van der Waals surface area contributed by atoms with Crippen molar-refractivity contribution in [3.05, 3.63) is 45.2 Å². The van der Waals surface area contributed by atoms with Crippen molar-refractivity contribution in [2.45, 2.75) is 0 Å². The third-order valence-electron chi connectivity index (χ3n) is 3.38. The Bertz CT molecular complexity index is 1090. The molecule has 5 nitrogen and oxygen atoms in total. The standard InChI is InChI=1S/C15H7BrO5/c16-6-1-2-7-11(3-6)21-15(19)13-8-4-9(17)10(18)5-12(8)20-14(7)13/h1-5,17-18H. The first-order valence-electron chi connectivity index (χ1n) is 6.05. The van der Waals surface area contributed by atoms with Crippen molar-refractivity contribution in [1.29, 1.82) is 0 Å². The first kappa shape index (κ1) is 12.3. The SMILES string of the molecule is O=c1oc2cc(Br)ccc2c2oc3cc(O)c(O)cc3c12. The summed E-state index contributed by atoms with van der Waals surface area (Å²) in [7, 11) is 0. The van der Waals surface area contributed by atoms with E-state index in [1.54, 1.807) is 12.1 Å². The van der Waals surface area contributed by atoms with Crippen molar-refractivity contribution in [2.24, 2.45) is 0 Å². The molecule has 0 aliphatic rings. The van der Waals surface area contributed by atoms with Crippen LogP contribution < -0.4 is 5.63 Å². The lowest BCUT2D eigenvalue weighted by molar-refractivity contribution is 0.404. The fourth-order valence-corrected chi connectivity index (χ4v) is 2.77. The molecule has 0 radical (unpaired) electrons. The van der Waals surface area contributed by atoms with Gasteiger partial charge in [-0.3, -0.25) is 0 Å². The first-order valence-corrected chi connectivity index (χ1v) is 6.84. The van der Waals surface area contributed by atoms with Gasteiger partial charge in [-0.05, 0) is 24.3 Å². The van der Waals surface area contributed by atoms with Gasteiger partial charge in [0.15, 0.2) is 17.1 Å². The molecule has 6 heteroatoms. The molecular formula is C15H7BrO5. The van der Waals surface area contributed by atoms with Gasteiger partial charge in [0.2, 0.25) is 0 Å². The second kappa shape index (κ2) is 4.02. The Balaban J connectivity index is 2.31. The molecule has 4 aromatic rings. The monoisotopic (exact) mass is 346 g/mol. The van der Waals surface area contributed by atoms with Gasteiger partial charge in [-0.25, -0.2) is 4.79 Å². The quantitative estimate of drug-likeness (QED) is 0.373. The summed E-state index contributed by atoms with van der Waals surface area (Å²) in [4.78, 5) is 12.2. The zero-order valence-corrected chi connectivity index (χ0v) is 12.0. The van der Waals surface area contributed by atoms with Gasteiger partial charge in [0, 0.05) is 15.9 Å². The molecule has 2 heterocycles. The summed E-state index contributed by atoms with van der Waals surface area (Å²) in [5.41, 5.74) is 0.519. The van der Waals surface area contributed by atoms with Crippen LogP contribution in [-0.2, 0) is 0 Å². The van der Waals surface area contributed by atoms with E-state index in [9.17, 15) is 15.0 Å². The summed E-state index contributed by atoms with van der Waals surface area (Å²) in [6.07, 6.45) is 0. The van der Waals surface area contributed by atoms with E-state index in [4.69, 9.17) is 8.83 Å². The third-order valence-corrected chi connectivity index (χ3v) is 3.87. The Labute approximate surface area is 125 Å². The van der Waals surface area contributed by atoms with E-state index < -0.39 is 5.63 Å². The fourth-order valence-electron chi connectivity index (χ4n) is 2.43. The molecule has 104 valence electrons. The van der Waals surface area contributed by atoms with Gasteiger partial charge in [0.05, 0.1) is 5.39 Å². The third kappa shape index (κ3) is 1.66. The number of hydrogen-bond donors (Lipinski definition) is 2. The Morgan fingerprint density at radius 1 is 0.905 bits per heavy atom. The van der Waals surface area contributed by atoms with Crippen molar-refractivity contribution >= 4 is 48.8 Å². The number of phenols is 2. The van der Waals surface area contributed by atoms with Gasteiger partial charge in [-0.15, -0.1) is 0 Å². The maximum Gasteiger partial charge on any atom is 0.348 e. The lowest BCUT2D eigenvalue weighted by Gasteiger charge is -1.98. The largest absolute Gasteiger partial charge is 0.504 e. The van der Waals surface area contributed by atoms with Crippen LogP contribution in [-0.4, -0.2) is 10.2 Å². The molecule has 2 aromatic heterocycles. The summed E-state index contributed by atoms with van der Waals surface area (Å²) in [6.45, 7) is 0. The smallest absolute Gasteiger partial charge is 0.348 e. The summed E-state index contributed by atoms with van der Waals surface area (Å²) < 4.78 is 11.8. The first-order chi connectivity index (χ1) is 10.0. The fraction of sp³-hybridized carbons (Fsp3) is 0. The Kier molecular flexibility index (Phi) is 2.35. The molecule has 0 bridgehead atoms. The van der Waals surface area contributed by atoms with E-state index in [2.05, 4.69) is 15.9 Å². The minimum atomic E-state index is -0.556. The molecule has 0 fully saturated rings. The predicted octanol–water partition coefficient (Wildman–Crippen LogP) is 3.87. The second-order valence-electron chi connectivity index (χ2n) is 4.67. The van der Waals surface area contributed by atoms with E-state index >= 15 is 0 Å². The maximum atomic E-state index is 12.2. The van der Waals surface area contributed by atoms with Gasteiger partial charge in [0.1, 0.15) is 16.6 Å². The average Bonchev–Trinajstić information content (AvgIpc) is 2.78. The van der Waals surface area contributed by atoms with Crippen molar-refractivity contribution in [3.8, 4) is 11.5 Å². The minimum absolute atomic E-state index is 0.245. The number of benzene rings is 2.